The van der Waals surface area contributed by atoms with E-state index in [1.165, 1.54) is 6.07 Å². The van der Waals surface area contributed by atoms with Crippen LogP contribution in [0.5, 0.6) is 0 Å². The number of aromatic carboxylic acids is 1. The number of nitrogens with zero attached hydrogens (tertiary/aromatic N) is 1. The maximum absolute atomic E-state index is 12.5. The maximum atomic E-state index is 12.5. The second-order valence-corrected chi connectivity index (χ2v) is 6.44. The summed E-state index contributed by atoms with van der Waals surface area (Å²) < 4.78 is 1.62. The zero-order valence-electron chi connectivity index (χ0n) is 12.2. The number of aryl methyl sites for hydroxylation is 1. The highest BCUT2D eigenvalue weighted by Crippen LogP contribution is 2.27. The normalized spacial score (nSPS) is 12.9. The predicted octanol–water partition coefficient (Wildman–Crippen LogP) is 0.915. The van der Waals surface area contributed by atoms with Crippen LogP contribution in [0.25, 0.3) is 5.69 Å². The number of carboxylic acid groups (broad SMARTS) is 1. The molecule has 122 valence electrons. The SMILES string of the molecule is Cc1cc(I)cc(C(=O)O)c1-n1c(N)c2c(cc1=O)C(=O)NC2=O. The van der Waals surface area contributed by atoms with Crippen molar-refractivity contribution in [1.82, 2.24) is 9.88 Å². The van der Waals surface area contributed by atoms with E-state index in [0.717, 1.165) is 10.6 Å². The van der Waals surface area contributed by atoms with Gasteiger partial charge in [0, 0.05) is 9.64 Å². The lowest BCUT2D eigenvalue weighted by Crippen LogP contribution is -2.26. The number of benzene rings is 1. The van der Waals surface area contributed by atoms with Gasteiger partial charge in [-0.3, -0.25) is 24.3 Å². The first-order valence-electron chi connectivity index (χ1n) is 6.67. The molecule has 1 aromatic heterocycles. The van der Waals surface area contributed by atoms with E-state index in [9.17, 15) is 24.3 Å². The molecule has 0 bridgehead atoms. The third-order valence-corrected chi connectivity index (χ3v) is 4.30. The van der Waals surface area contributed by atoms with Crippen LogP contribution in [0, 0.1) is 10.5 Å². The molecule has 0 atom stereocenters. The third-order valence-electron chi connectivity index (χ3n) is 3.67. The Kier molecular flexibility index (Phi) is 3.67. The van der Waals surface area contributed by atoms with Crippen molar-refractivity contribution in [1.29, 1.82) is 0 Å². The molecule has 0 radical (unpaired) electrons. The molecule has 2 amide bonds. The lowest BCUT2D eigenvalue weighted by Gasteiger charge is -2.17. The summed E-state index contributed by atoms with van der Waals surface area (Å²) in [6, 6.07) is 4.07. The Hall–Kier alpha value is -2.69. The first-order valence-corrected chi connectivity index (χ1v) is 7.75. The number of nitrogens with one attached hydrogen (secondary N) is 1. The molecule has 2 heterocycles. The minimum Gasteiger partial charge on any atom is -0.478 e. The van der Waals surface area contributed by atoms with Gasteiger partial charge in [-0.1, -0.05) is 0 Å². The minimum atomic E-state index is -1.24. The van der Waals surface area contributed by atoms with E-state index in [4.69, 9.17) is 5.73 Å². The van der Waals surface area contributed by atoms with Gasteiger partial charge in [0.05, 0.1) is 22.4 Å². The highest BCUT2D eigenvalue weighted by Gasteiger charge is 2.32. The number of halogens is 1. The summed E-state index contributed by atoms with van der Waals surface area (Å²) in [7, 11) is 0. The van der Waals surface area contributed by atoms with Crippen LogP contribution in [0.4, 0.5) is 5.82 Å². The van der Waals surface area contributed by atoms with E-state index >= 15 is 0 Å². The summed E-state index contributed by atoms with van der Waals surface area (Å²) in [5.74, 6) is -2.93. The number of amides is 2. The van der Waals surface area contributed by atoms with Crippen LogP contribution in [-0.4, -0.2) is 27.5 Å². The summed E-state index contributed by atoms with van der Waals surface area (Å²) in [6.45, 7) is 1.63. The molecule has 9 heteroatoms. The second kappa shape index (κ2) is 5.44. The number of pyridine rings is 1. The molecule has 0 saturated heterocycles. The number of nitrogen functional groups attached to an aromatic ring is 1. The number of aromatic nitrogens is 1. The van der Waals surface area contributed by atoms with Crippen LogP contribution in [0.3, 0.4) is 0 Å². The lowest BCUT2D eigenvalue weighted by atomic mass is 10.1. The monoisotopic (exact) mass is 439 g/mol. The second-order valence-electron chi connectivity index (χ2n) is 5.20. The molecular weight excluding hydrogens is 429 g/mol. The van der Waals surface area contributed by atoms with Crippen molar-refractivity contribution in [2.24, 2.45) is 0 Å². The number of anilines is 1. The van der Waals surface area contributed by atoms with Gasteiger partial charge in [-0.05, 0) is 47.2 Å². The summed E-state index contributed by atoms with van der Waals surface area (Å²) in [5.41, 5.74) is 5.46. The number of fused-ring (bicyclic) bond motifs is 1. The highest BCUT2D eigenvalue weighted by atomic mass is 127. The molecule has 1 aliphatic heterocycles. The molecule has 0 aliphatic carbocycles. The summed E-state index contributed by atoms with van der Waals surface area (Å²) in [4.78, 5) is 47.6. The Bertz CT molecular complexity index is 1010. The number of carbonyl (C=O) groups is 3. The van der Waals surface area contributed by atoms with E-state index in [2.05, 4.69) is 5.32 Å². The quantitative estimate of drug-likeness (QED) is 0.471. The van der Waals surface area contributed by atoms with Crippen molar-refractivity contribution in [3.63, 3.8) is 0 Å². The van der Waals surface area contributed by atoms with Crippen molar-refractivity contribution in [3.8, 4) is 5.69 Å². The molecule has 2 aromatic rings. The molecule has 1 aliphatic rings. The fraction of sp³-hybridized carbons (Fsp3) is 0.0667. The number of carbonyl (C=O) groups excluding carboxylic acids is 2. The fourth-order valence-electron chi connectivity index (χ4n) is 2.71. The van der Waals surface area contributed by atoms with Gasteiger partial charge in [-0.25, -0.2) is 4.79 Å². The molecule has 4 N–H and O–H groups in total. The molecule has 1 aromatic carbocycles. The number of rotatable bonds is 2. The Morgan fingerprint density at radius 2 is 1.88 bits per heavy atom. The van der Waals surface area contributed by atoms with Crippen LogP contribution in [0.1, 0.15) is 36.6 Å². The first-order chi connectivity index (χ1) is 11.2. The zero-order chi connectivity index (χ0) is 17.8. The number of carboxylic acids is 1. The molecule has 0 unspecified atom stereocenters. The molecule has 8 nitrogen and oxygen atoms in total. The van der Waals surface area contributed by atoms with Crippen molar-refractivity contribution in [2.45, 2.75) is 6.92 Å². The predicted molar refractivity (Wildman–Crippen MR) is 92.7 cm³/mol. The molecular formula is C15H10IN3O5. The van der Waals surface area contributed by atoms with Gasteiger partial charge in [0.1, 0.15) is 5.82 Å². The maximum Gasteiger partial charge on any atom is 0.337 e. The standard InChI is InChI=1S/C15H10IN3O5/c1-5-2-6(16)3-8(15(23)24)11(5)19-9(20)4-7-10(12(19)17)14(22)18-13(7)21/h2-4H,17H2,1H3,(H,23,24)(H,18,21,22). The van der Waals surface area contributed by atoms with Crippen LogP contribution < -0.4 is 16.6 Å². The van der Waals surface area contributed by atoms with E-state index in [0.29, 0.717) is 9.13 Å². The highest BCUT2D eigenvalue weighted by molar-refractivity contribution is 14.1. The number of hydrogen-bond donors (Lipinski definition) is 3. The summed E-state index contributed by atoms with van der Waals surface area (Å²) in [5, 5.41) is 11.5. The van der Waals surface area contributed by atoms with Crippen molar-refractivity contribution in [2.75, 3.05) is 5.73 Å². The molecule has 0 saturated carbocycles. The van der Waals surface area contributed by atoms with Crippen molar-refractivity contribution >= 4 is 46.2 Å². The Morgan fingerprint density at radius 3 is 2.50 bits per heavy atom. The topological polar surface area (TPSA) is 131 Å². The van der Waals surface area contributed by atoms with E-state index < -0.39 is 23.3 Å². The summed E-state index contributed by atoms with van der Waals surface area (Å²) >= 11 is 1.96. The fourth-order valence-corrected chi connectivity index (χ4v) is 3.48. The Morgan fingerprint density at radius 1 is 1.21 bits per heavy atom. The van der Waals surface area contributed by atoms with Crippen LogP contribution in [-0.2, 0) is 0 Å². The van der Waals surface area contributed by atoms with Gasteiger partial charge in [-0.15, -0.1) is 0 Å². The first kappa shape index (κ1) is 16.2. The number of hydrogen-bond acceptors (Lipinski definition) is 5. The minimum absolute atomic E-state index is 0.0698. The average Bonchev–Trinajstić information content (AvgIpc) is 2.75. The smallest absolute Gasteiger partial charge is 0.337 e. The third kappa shape index (κ3) is 2.28. The van der Waals surface area contributed by atoms with Gasteiger partial charge in [-0.2, -0.15) is 0 Å². The van der Waals surface area contributed by atoms with Crippen LogP contribution in [0.2, 0.25) is 0 Å². The Balaban J connectivity index is 2.44. The molecule has 24 heavy (non-hydrogen) atoms. The van der Waals surface area contributed by atoms with Gasteiger partial charge in [0.15, 0.2) is 0 Å². The summed E-state index contributed by atoms with van der Waals surface area (Å²) in [6.07, 6.45) is 0. The van der Waals surface area contributed by atoms with Gasteiger partial charge in [0.25, 0.3) is 17.4 Å². The van der Waals surface area contributed by atoms with Crippen LogP contribution in [0.15, 0.2) is 23.0 Å². The van der Waals surface area contributed by atoms with Gasteiger partial charge < -0.3 is 10.8 Å². The molecule has 0 spiro atoms. The van der Waals surface area contributed by atoms with Crippen molar-refractivity contribution in [3.05, 3.63) is 54.4 Å². The van der Waals surface area contributed by atoms with E-state index in [1.807, 2.05) is 22.6 Å². The molecule has 3 rings (SSSR count). The van der Waals surface area contributed by atoms with E-state index in [-0.39, 0.29) is 28.2 Å². The zero-order valence-corrected chi connectivity index (χ0v) is 14.4. The van der Waals surface area contributed by atoms with Gasteiger partial charge >= 0.3 is 5.97 Å². The largest absolute Gasteiger partial charge is 0.478 e. The lowest BCUT2D eigenvalue weighted by molar-refractivity contribution is 0.0696. The number of imide groups is 1. The van der Waals surface area contributed by atoms with Gasteiger partial charge in [0.2, 0.25) is 0 Å². The average molecular weight is 439 g/mol. The van der Waals surface area contributed by atoms with Crippen LogP contribution >= 0.6 is 22.6 Å². The Labute approximate surface area is 148 Å². The van der Waals surface area contributed by atoms with E-state index in [1.54, 1.807) is 13.0 Å². The number of nitrogens with two attached hydrogens (primary N) is 1. The van der Waals surface area contributed by atoms with Crippen molar-refractivity contribution < 1.29 is 19.5 Å². The molecule has 0 fully saturated rings.